The number of rotatable bonds is 2. The Labute approximate surface area is 145 Å². The lowest BCUT2D eigenvalue weighted by atomic mass is 9.80. The van der Waals surface area contributed by atoms with Crippen LogP contribution in [-0.4, -0.2) is 16.6 Å². The van der Waals surface area contributed by atoms with E-state index in [1.807, 2.05) is 48.5 Å². The number of fused-ring (bicyclic) bond motifs is 2. The molecule has 3 nitrogen and oxygen atoms in total. The maximum Gasteiger partial charge on any atom is 0.186 e. The zero-order valence-corrected chi connectivity index (χ0v) is 13.4. The minimum absolute atomic E-state index is 0.0653. The first kappa shape index (κ1) is 15.1. The summed E-state index contributed by atoms with van der Waals surface area (Å²) in [5, 5.41) is 18.1. The molecule has 0 fully saturated rings. The molecule has 0 aliphatic heterocycles. The first-order valence-corrected chi connectivity index (χ1v) is 7.98. The Balaban J connectivity index is 1.91. The first-order chi connectivity index (χ1) is 12.1. The Morgan fingerprint density at radius 2 is 1.36 bits per heavy atom. The molecule has 2 N–H and O–H groups in total. The second kappa shape index (κ2) is 5.87. The molecule has 25 heavy (non-hydrogen) atoms. The third-order valence-corrected chi connectivity index (χ3v) is 4.38. The molecule has 3 aromatic rings. The van der Waals surface area contributed by atoms with Gasteiger partial charge >= 0.3 is 0 Å². The number of phenols is 1. The van der Waals surface area contributed by atoms with E-state index in [4.69, 9.17) is 5.41 Å². The largest absolute Gasteiger partial charge is 0.508 e. The van der Waals surface area contributed by atoms with E-state index in [1.54, 1.807) is 18.2 Å². The second-order valence-electron chi connectivity index (χ2n) is 5.94. The number of hydrogen-bond acceptors (Lipinski definition) is 3. The van der Waals surface area contributed by atoms with E-state index in [2.05, 4.69) is 0 Å². The molecule has 1 aliphatic rings. The predicted octanol–water partition coefficient (Wildman–Crippen LogP) is 4.44. The molecule has 0 amide bonds. The van der Waals surface area contributed by atoms with E-state index >= 15 is 0 Å². The van der Waals surface area contributed by atoms with Crippen molar-refractivity contribution in [2.75, 3.05) is 0 Å². The highest BCUT2D eigenvalue weighted by Crippen LogP contribution is 2.35. The van der Waals surface area contributed by atoms with Crippen LogP contribution in [-0.2, 0) is 0 Å². The SMILES string of the molecule is N=C1c2ccccc2C(=CC(=O)c2cccc(O)c2)c2ccccc21. The van der Waals surface area contributed by atoms with E-state index in [1.165, 1.54) is 12.1 Å². The number of nitrogens with one attached hydrogen (secondary N) is 1. The van der Waals surface area contributed by atoms with Crippen LogP contribution in [0.3, 0.4) is 0 Å². The first-order valence-electron chi connectivity index (χ1n) is 7.98. The quantitative estimate of drug-likeness (QED) is 0.423. The van der Waals surface area contributed by atoms with E-state index in [0.717, 1.165) is 27.8 Å². The highest BCUT2D eigenvalue weighted by atomic mass is 16.3. The molecule has 120 valence electrons. The minimum atomic E-state index is -0.177. The van der Waals surface area contributed by atoms with E-state index in [0.29, 0.717) is 11.3 Å². The van der Waals surface area contributed by atoms with Gasteiger partial charge in [-0.05, 0) is 34.9 Å². The Morgan fingerprint density at radius 3 is 1.92 bits per heavy atom. The highest BCUT2D eigenvalue weighted by Gasteiger charge is 2.24. The molecular weight excluding hydrogens is 310 g/mol. The average molecular weight is 325 g/mol. The van der Waals surface area contributed by atoms with Gasteiger partial charge in [0.2, 0.25) is 0 Å². The Morgan fingerprint density at radius 1 is 0.800 bits per heavy atom. The zero-order chi connectivity index (χ0) is 17.4. The fourth-order valence-electron chi connectivity index (χ4n) is 3.19. The van der Waals surface area contributed by atoms with Gasteiger partial charge in [0.25, 0.3) is 0 Å². The molecule has 0 saturated carbocycles. The van der Waals surface area contributed by atoms with Gasteiger partial charge in [-0.3, -0.25) is 10.2 Å². The lowest BCUT2D eigenvalue weighted by Gasteiger charge is -2.23. The summed E-state index contributed by atoms with van der Waals surface area (Å²) in [6.45, 7) is 0. The third-order valence-electron chi connectivity index (χ3n) is 4.38. The van der Waals surface area contributed by atoms with Crippen molar-refractivity contribution in [1.82, 2.24) is 0 Å². The fraction of sp³-hybridized carbons (Fsp3) is 0. The van der Waals surface area contributed by atoms with Crippen molar-refractivity contribution in [2.24, 2.45) is 0 Å². The monoisotopic (exact) mass is 325 g/mol. The third kappa shape index (κ3) is 2.56. The van der Waals surface area contributed by atoms with Crippen molar-refractivity contribution in [3.8, 4) is 5.75 Å². The lowest BCUT2D eigenvalue weighted by molar-refractivity contribution is 0.104. The Bertz CT molecular complexity index is 996. The van der Waals surface area contributed by atoms with Crippen LogP contribution in [0.5, 0.6) is 5.75 Å². The molecule has 0 unspecified atom stereocenters. The smallest absolute Gasteiger partial charge is 0.186 e. The van der Waals surface area contributed by atoms with Crippen molar-refractivity contribution >= 4 is 17.1 Å². The van der Waals surface area contributed by atoms with Crippen molar-refractivity contribution in [2.45, 2.75) is 0 Å². The minimum Gasteiger partial charge on any atom is -0.508 e. The fourth-order valence-corrected chi connectivity index (χ4v) is 3.19. The molecule has 0 radical (unpaired) electrons. The molecule has 0 aromatic heterocycles. The molecule has 3 heteroatoms. The van der Waals surface area contributed by atoms with Gasteiger partial charge < -0.3 is 5.11 Å². The van der Waals surface area contributed by atoms with Crippen LogP contribution in [0.1, 0.15) is 32.6 Å². The van der Waals surface area contributed by atoms with E-state index < -0.39 is 0 Å². The summed E-state index contributed by atoms with van der Waals surface area (Å²) in [4.78, 5) is 12.7. The molecular formula is C22H15NO2. The van der Waals surface area contributed by atoms with Gasteiger partial charge in [-0.15, -0.1) is 0 Å². The molecule has 0 heterocycles. The van der Waals surface area contributed by atoms with Gasteiger partial charge in [0.1, 0.15) is 5.75 Å². The van der Waals surface area contributed by atoms with Crippen LogP contribution < -0.4 is 0 Å². The van der Waals surface area contributed by atoms with Gasteiger partial charge in [-0.2, -0.15) is 0 Å². The van der Waals surface area contributed by atoms with E-state index in [9.17, 15) is 9.90 Å². The summed E-state index contributed by atoms with van der Waals surface area (Å²) in [5.74, 6) is -0.112. The van der Waals surface area contributed by atoms with Crippen molar-refractivity contribution in [3.05, 3.63) is 107 Å². The number of ketones is 1. The van der Waals surface area contributed by atoms with Gasteiger partial charge in [-0.25, -0.2) is 0 Å². The van der Waals surface area contributed by atoms with Crippen LogP contribution in [0.4, 0.5) is 0 Å². The van der Waals surface area contributed by atoms with Crippen molar-refractivity contribution in [3.63, 3.8) is 0 Å². The highest BCUT2D eigenvalue weighted by molar-refractivity contribution is 6.22. The van der Waals surface area contributed by atoms with Crippen LogP contribution in [0.2, 0.25) is 0 Å². The second-order valence-corrected chi connectivity index (χ2v) is 5.94. The standard InChI is InChI=1S/C22H15NO2/c23-22-18-10-3-1-8-16(18)20(17-9-2-4-11-19(17)22)13-21(25)14-6-5-7-15(24)12-14/h1-13,23-24H. The van der Waals surface area contributed by atoms with Crippen LogP contribution in [0.25, 0.3) is 5.57 Å². The number of phenolic OH excluding ortho intramolecular Hbond substituents is 1. The molecule has 0 atom stereocenters. The summed E-state index contributed by atoms with van der Waals surface area (Å²) in [7, 11) is 0. The van der Waals surface area contributed by atoms with Gasteiger partial charge in [0.15, 0.2) is 5.78 Å². The van der Waals surface area contributed by atoms with Crippen molar-refractivity contribution < 1.29 is 9.90 Å². The maximum atomic E-state index is 12.7. The number of benzene rings is 3. The summed E-state index contributed by atoms with van der Waals surface area (Å²) < 4.78 is 0. The van der Waals surface area contributed by atoms with E-state index in [-0.39, 0.29) is 11.5 Å². The summed E-state index contributed by atoms with van der Waals surface area (Å²) >= 11 is 0. The maximum absolute atomic E-state index is 12.7. The predicted molar refractivity (Wildman–Crippen MR) is 98.3 cm³/mol. The molecule has 4 rings (SSSR count). The summed E-state index contributed by atoms with van der Waals surface area (Å²) in [6, 6.07) is 21.6. The molecule has 3 aromatic carbocycles. The molecule has 1 aliphatic carbocycles. The van der Waals surface area contributed by atoms with Crippen LogP contribution in [0.15, 0.2) is 78.9 Å². The van der Waals surface area contributed by atoms with Crippen molar-refractivity contribution in [1.29, 1.82) is 5.41 Å². The average Bonchev–Trinajstić information content (AvgIpc) is 2.65. The molecule has 0 spiro atoms. The topological polar surface area (TPSA) is 61.2 Å². The van der Waals surface area contributed by atoms with Crippen LogP contribution >= 0.6 is 0 Å². The lowest BCUT2D eigenvalue weighted by Crippen LogP contribution is -2.15. The normalized spacial score (nSPS) is 12.3. The number of carbonyl (C=O) groups excluding carboxylic acids is 1. The molecule has 0 bridgehead atoms. The zero-order valence-electron chi connectivity index (χ0n) is 13.4. The molecule has 0 saturated heterocycles. The van der Waals surface area contributed by atoms with Gasteiger partial charge in [0.05, 0.1) is 5.71 Å². The summed E-state index contributed by atoms with van der Waals surface area (Å²) in [5.41, 5.74) is 5.08. The Kier molecular flexibility index (Phi) is 3.55. The van der Waals surface area contributed by atoms with Gasteiger partial charge in [0, 0.05) is 16.7 Å². The number of aromatic hydroxyl groups is 1. The van der Waals surface area contributed by atoms with Crippen LogP contribution in [0, 0.1) is 5.41 Å². The number of allylic oxidation sites excluding steroid dienone is 1. The summed E-state index contributed by atoms with van der Waals surface area (Å²) in [6.07, 6.45) is 1.60. The number of hydrogen-bond donors (Lipinski definition) is 2. The Hall–Kier alpha value is -3.46. The number of carbonyl (C=O) groups is 1. The van der Waals surface area contributed by atoms with Gasteiger partial charge in [-0.1, -0.05) is 60.7 Å².